The standard InChI is InChI=1S/C27H32N4O3S/c1-4-6-17-35-27-29-26-28-19(3)23(25(32)34-18-20-12-8-7-9-13-20)24(31(26)30-27)21-14-10-11-15-22(21)33-16-5-2/h7-15,24H,4-6,16-18H2,1-3H3,(H,28,29,30). The Bertz CT molecular complexity index is 1180. The highest BCUT2D eigenvalue weighted by atomic mass is 32.2. The summed E-state index contributed by atoms with van der Waals surface area (Å²) in [6.07, 6.45) is 3.09. The van der Waals surface area contributed by atoms with Crippen molar-refractivity contribution in [1.29, 1.82) is 0 Å². The Morgan fingerprint density at radius 3 is 2.63 bits per heavy atom. The Hall–Kier alpha value is -3.26. The van der Waals surface area contributed by atoms with E-state index in [4.69, 9.17) is 19.6 Å². The molecule has 3 aromatic rings. The molecule has 184 valence electrons. The summed E-state index contributed by atoms with van der Waals surface area (Å²) in [5.41, 5.74) is 2.98. The zero-order chi connectivity index (χ0) is 24.6. The summed E-state index contributed by atoms with van der Waals surface area (Å²) in [7, 11) is 0. The molecule has 7 nitrogen and oxygen atoms in total. The predicted molar refractivity (Wildman–Crippen MR) is 139 cm³/mol. The fraction of sp³-hybridized carbons (Fsp3) is 0.370. The van der Waals surface area contributed by atoms with E-state index in [2.05, 4.69) is 19.2 Å². The van der Waals surface area contributed by atoms with E-state index < -0.39 is 12.0 Å². The van der Waals surface area contributed by atoms with Crippen LogP contribution in [0.3, 0.4) is 0 Å². The minimum absolute atomic E-state index is 0.194. The van der Waals surface area contributed by atoms with Gasteiger partial charge in [0.25, 0.3) is 0 Å². The number of nitrogens with one attached hydrogen (secondary N) is 1. The third-order valence-corrected chi connectivity index (χ3v) is 6.59. The second-order valence-electron chi connectivity index (χ2n) is 8.38. The average Bonchev–Trinajstić information content (AvgIpc) is 3.28. The third kappa shape index (κ3) is 5.88. The van der Waals surface area contributed by atoms with E-state index in [1.807, 2.05) is 61.5 Å². The predicted octanol–water partition coefficient (Wildman–Crippen LogP) is 5.99. The number of carbonyl (C=O) groups excluding carboxylic acids is 1. The van der Waals surface area contributed by atoms with Gasteiger partial charge in [-0.05, 0) is 31.4 Å². The molecule has 2 heterocycles. The van der Waals surface area contributed by atoms with E-state index in [-0.39, 0.29) is 6.61 Å². The van der Waals surface area contributed by atoms with Gasteiger partial charge in [0.2, 0.25) is 11.1 Å². The number of para-hydroxylation sites is 1. The Balaban J connectivity index is 1.71. The van der Waals surface area contributed by atoms with E-state index in [1.165, 1.54) is 0 Å². The number of esters is 1. The van der Waals surface area contributed by atoms with Crippen LogP contribution in [-0.4, -0.2) is 33.1 Å². The number of carbonyl (C=O) groups is 1. The van der Waals surface area contributed by atoms with Gasteiger partial charge in [-0.2, -0.15) is 4.98 Å². The highest BCUT2D eigenvalue weighted by molar-refractivity contribution is 7.99. The third-order valence-electron chi connectivity index (χ3n) is 5.67. The molecule has 0 fully saturated rings. The van der Waals surface area contributed by atoms with Crippen molar-refractivity contribution in [1.82, 2.24) is 14.8 Å². The Morgan fingerprint density at radius 1 is 1.09 bits per heavy atom. The van der Waals surface area contributed by atoms with E-state index in [0.717, 1.165) is 41.9 Å². The van der Waals surface area contributed by atoms with Crippen LogP contribution in [0.15, 0.2) is 71.0 Å². The first-order chi connectivity index (χ1) is 17.1. The average molecular weight is 493 g/mol. The molecule has 1 N–H and O–H groups in total. The number of fused-ring (bicyclic) bond motifs is 1. The maximum Gasteiger partial charge on any atom is 0.338 e. The number of hydrogen-bond donors (Lipinski definition) is 1. The van der Waals surface area contributed by atoms with Crippen molar-refractivity contribution < 1.29 is 14.3 Å². The van der Waals surface area contributed by atoms with Gasteiger partial charge in [0.05, 0.1) is 12.2 Å². The molecule has 0 amide bonds. The van der Waals surface area contributed by atoms with Crippen LogP contribution in [0.1, 0.15) is 57.2 Å². The van der Waals surface area contributed by atoms with E-state index in [9.17, 15) is 4.79 Å². The molecule has 0 saturated carbocycles. The van der Waals surface area contributed by atoms with Crippen molar-refractivity contribution >= 4 is 23.7 Å². The first kappa shape index (κ1) is 24.9. The summed E-state index contributed by atoms with van der Waals surface area (Å²) < 4.78 is 13.6. The van der Waals surface area contributed by atoms with Gasteiger partial charge < -0.3 is 14.8 Å². The second-order valence-corrected chi connectivity index (χ2v) is 9.44. The maximum atomic E-state index is 13.5. The highest BCUT2D eigenvalue weighted by Crippen LogP contribution is 2.40. The molecule has 4 rings (SSSR count). The quantitative estimate of drug-likeness (QED) is 0.200. The number of thioether (sulfide) groups is 1. The van der Waals surface area contributed by atoms with E-state index in [0.29, 0.717) is 29.0 Å². The molecule has 1 aliphatic rings. The van der Waals surface area contributed by atoms with Crippen molar-refractivity contribution in [2.45, 2.75) is 57.8 Å². The number of hydrogen-bond acceptors (Lipinski definition) is 7. The molecule has 1 unspecified atom stereocenters. The van der Waals surface area contributed by atoms with Crippen molar-refractivity contribution in [3.8, 4) is 5.75 Å². The number of benzene rings is 2. The molecule has 35 heavy (non-hydrogen) atoms. The number of allylic oxidation sites excluding steroid dienone is 1. The van der Waals surface area contributed by atoms with Crippen LogP contribution in [0.4, 0.5) is 5.95 Å². The summed E-state index contributed by atoms with van der Waals surface area (Å²) in [4.78, 5) is 18.2. The van der Waals surface area contributed by atoms with Gasteiger partial charge in [-0.3, -0.25) is 0 Å². The van der Waals surface area contributed by atoms with Crippen LogP contribution in [-0.2, 0) is 16.1 Å². The van der Waals surface area contributed by atoms with Crippen molar-refractivity contribution in [3.63, 3.8) is 0 Å². The molecular formula is C27H32N4O3S. The van der Waals surface area contributed by atoms with Crippen LogP contribution >= 0.6 is 11.8 Å². The number of ether oxygens (including phenoxy) is 2. The Labute approximate surface area is 210 Å². The zero-order valence-corrected chi connectivity index (χ0v) is 21.3. The summed E-state index contributed by atoms with van der Waals surface area (Å²) in [5, 5.41) is 8.76. The van der Waals surface area contributed by atoms with Crippen LogP contribution in [0, 0.1) is 0 Å². The lowest BCUT2D eigenvalue weighted by atomic mass is 9.95. The number of aromatic nitrogens is 3. The van der Waals surface area contributed by atoms with Gasteiger partial charge in [-0.1, -0.05) is 80.6 Å². The lowest BCUT2D eigenvalue weighted by Crippen LogP contribution is -2.30. The number of rotatable bonds is 11. The second kappa shape index (κ2) is 11.9. The lowest BCUT2D eigenvalue weighted by Gasteiger charge is -2.29. The Kier molecular flexibility index (Phi) is 8.47. The minimum Gasteiger partial charge on any atom is -0.493 e. The lowest BCUT2D eigenvalue weighted by molar-refractivity contribution is -0.140. The summed E-state index contributed by atoms with van der Waals surface area (Å²) in [6.45, 7) is 6.89. The Morgan fingerprint density at radius 2 is 1.86 bits per heavy atom. The van der Waals surface area contributed by atoms with Crippen LogP contribution in [0.5, 0.6) is 5.75 Å². The molecule has 1 aliphatic heterocycles. The van der Waals surface area contributed by atoms with Crippen molar-refractivity contribution in [2.24, 2.45) is 0 Å². The van der Waals surface area contributed by atoms with Crippen LogP contribution in [0.2, 0.25) is 0 Å². The molecular weight excluding hydrogens is 460 g/mol. The first-order valence-corrected chi connectivity index (χ1v) is 13.1. The number of anilines is 1. The zero-order valence-electron chi connectivity index (χ0n) is 20.5. The summed E-state index contributed by atoms with van der Waals surface area (Å²) in [5.74, 6) is 1.88. The van der Waals surface area contributed by atoms with Gasteiger partial charge in [-0.15, -0.1) is 5.10 Å². The number of nitrogens with zero attached hydrogens (tertiary/aromatic N) is 3. The van der Waals surface area contributed by atoms with Gasteiger partial charge in [0.1, 0.15) is 18.4 Å². The SMILES string of the molecule is CCCCSc1nc2n(n1)C(c1ccccc1OCCC)C(C(=O)OCc1ccccc1)=C(C)N2. The summed E-state index contributed by atoms with van der Waals surface area (Å²) in [6, 6.07) is 17.0. The fourth-order valence-electron chi connectivity index (χ4n) is 3.90. The smallest absolute Gasteiger partial charge is 0.338 e. The first-order valence-electron chi connectivity index (χ1n) is 12.1. The molecule has 2 aromatic carbocycles. The molecule has 1 aromatic heterocycles. The maximum absolute atomic E-state index is 13.5. The normalized spacial score (nSPS) is 14.9. The molecule has 0 aliphatic carbocycles. The topological polar surface area (TPSA) is 78.3 Å². The monoisotopic (exact) mass is 492 g/mol. The number of unbranched alkanes of at least 4 members (excludes halogenated alkanes) is 1. The molecule has 1 atom stereocenters. The van der Waals surface area contributed by atoms with E-state index in [1.54, 1.807) is 16.4 Å². The highest BCUT2D eigenvalue weighted by Gasteiger charge is 2.36. The van der Waals surface area contributed by atoms with Crippen molar-refractivity contribution in [2.75, 3.05) is 17.7 Å². The van der Waals surface area contributed by atoms with Crippen LogP contribution < -0.4 is 10.1 Å². The van der Waals surface area contributed by atoms with Crippen LogP contribution in [0.25, 0.3) is 0 Å². The minimum atomic E-state index is -0.518. The van der Waals surface area contributed by atoms with Gasteiger partial charge >= 0.3 is 5.97 Å². The molecule has 8 heteroatoms. The molecule has 0 spiro atoms. The fourth-order valence-corrected chi connectivity index (χ4v) is 4.82. The molecule has 0 saturated heterocycles. The van der Waals surface area contributed by atoms with Crippen molar-refractivity contribution in [3.05, 3.63) is 77.0 Å². The van der Waals surface area contributed by atoms with Gasteiger partial charge in [-0.25, -0.2) is 9.48 Å². The largest absolute Gasteiger partial charge is 0.493 e. The molecule has 0 radical (unpaired) electrons. The molecule has 0 bridgehead atoms. The van der Waals surface area contributed by atoms with Gasteiger partial charge in [0, 0.05) is 17.0 Å². The van der Waals surface area contributed by atoms with E-state index >= 15 is 0 Å². The van der Waals surface area contributed by atoms with Gasteiger partial charge in [0.15, 0.2) is 0 Å². The summed E-state index contributed by atoms with van der Waals surface area (Å²) >= 11 is 1.62.